The number of rotatable bonds is 3. The molecular weight excluding hydrogens is 305 g/mol. The maximum absolute atomic E-state index is 5.60. The van der Waals surface area contributed by atoms with E-state index in [0.717, 1.165) is 29.0 Å². The van der Waals surface area contributed by atoms with E-state index in [1.165, 1.54) is 6.42 Å². The molecule has 1 aromatic rings. The van der Waals surface area contributed by atoms with Gasteiger partial charge in [0.2, 0.25) is 0 Å². The average molecular weight is 319 g/mol. The van der Waals surface area contributed by atoms with Gasteiger partial charge in [-0.15, -0.1) is 0 Å². The van der Waals surface area contributed by atoms with Crippen molar-refractivity contribution in [3.63, 3.8) is 0 Å². The highest BCUT2D eigenvalue weighted by molar-refractivity contribution is 14.1. The van der Waals surface area contributed by atoms with Crippen LogP contribution in [0.5, 0.6) is 0 Å². The van der Waals surface area contributed by atoms with Crippen LogP contribution >= 0.6 is 22.6 Å². The third-order valence-electron chi connectivity index (χ3n) is 2.51. The standard InChI is InChI=1S/C10H14IN3O/c1-14(6-8-3-2-4-15-8)10-9(11)5-12-7-13-10/h5,7-8H,2-4,6H2,1H3. The minimum atomic E-state index is 0.362. The van der Waals surface area contributed by atoms with Gasteiger partial charge in [0.15, 0.2) is 0 Å². The van der Waals surface area contributed by atoms with Crippen molar-refractivity contribution in [2.75, 3.05) is 25.1 Å². The fourth-order valence-electron chi connectivity index (χ4n) is 1.77. The first kappa shape index (κ1) is 11.1. The van der Waals surface area contributed by atoms with Crippen LogP contribution in [-0.2, 0) is 4.74 Å². The van der Waals surface area contributed by atoms with Crippen LogP contribution in [0.1, 0.15) is 12.8 Å². The molecule has 0 radical (unpaired) electrons. The number of hydrogen-bond donors (Lipinski definition) is 0. The van der Waals surface area contributed by atoms with Gasteiger partial charge in [-0.1, -0.05) is 0 Å². The summed E-state index contributed by atoms with van der Waals surface area (Å²) in [5.74, 6) is 0.987. The van der Waals surface area contributed by atoms with Gasteiger partial charge in [-0.2, -0.15) is 0 Å². The highest BCUT2D eigenvalue weighted by atomic mass is 127. The molecule has 0 saturated carbocycles. The lowest BCUT2D eigenvalue weighted by Crippen LogP contribution is -2.29. The summed E-state index contributed by atoms with van der Waals surface area (Å²) in [7, 11) is 2.05. The maximum atomic E-state index is 5.60. The third-order valence-corrected chi connectivity index (χ3v) is 3.27. The number of anilines is 1. The van der Waals surface area contributed by atoms with Crippen LogP contribution < -0.4 is 4.90 Å². The lowest BCUT2D eigenvalue weighted by Gasteiger charge is -2.22. The Bertz CT molecular complexity index is 328. The van der Waals surface area contributed by atoms with Gasteiger partial charge in [0.1, 0.15) is 12.1 Å². The molecule has 1 aliphatic heterocycles. The number of nitrogens with zero attached hydrogens (tertiary/aromatic N) is 3. The number of halogens is 1. The second kappa shape index (κ2) is 5.07. The molecule has 1 aliphatic rings. The van der Waals surface area contributed by atoms with Crippen molar-refractivity contribution in [2.45, 2.75) is 18.9 Å². The molecule has 1 aromatic heterocycles. The van der Waals surface area contributed by atoms with Gasteiger partial charge in [0.25, 0.3) is 0 Å². The van der Waals surface area contributed by atoms with Crippen LogP contribution in [0.15, 0.2) is 12.5 Å². The Balaban J connectivity index is 2.00. The quantitative estimate of drug-likeness (QED) is 0.795. The summed E-state index contributed by atoms with van der Waals surface area (Å²) in [6.07, 6.45) is 6.12. The molecule has 1 unspecified atom stereocenters. The molecule has 5 heteroatoms. The first-order chi connectivity index (χ1) is 7.27. The van der Waals surface area contributed by atoms with E-state index in [0.29, 0.717) is 6.10 Å². The predicted molar refractivity (Wildman–Crippen MR) is 67.0 cm³/mol. The minimum absolute atomic E-state index is 0.362. The highest BCUT2D eigenvalue weighted by Gasteiger charge is 2.18. The van der Waals surface area contributed by atoms with Gasteiger partial charge in [-0.25, -0.2) is 9.97 Å². The summed E-state index contributed by atoms with van der Waals surface area (Å²) in [6, 6.07) is 0. The molecule has 2 rings (SSSR count). The van der Waals surface area contributed by atoms with Crippen molar-refractivity contribution in [1.82, 2.24) is 9.97 Å². The number of ether oxygens (including phenoxy) is 1. The average Bonchev–Trinajstić information content (AvgIpc) is 2.71. The summed E-state index contributed by atoms with van der Waals surface area (Å²) in [5, 5.41) is 0. The van der Waals surface area contributed by atoms with E-state index >= 15 is 0 Å². The van der Waals surface area contributed by atoms with E-state index in [1.807, 2.05) is 13.2 Å². The molecule has 0 aromatic carbocycles. The zero-order chi connectivity index (χ0) is 10.7. The van der Waals surface area contributed by atoms with Crippen LogP contribution in [0, 0.1) is 3.57 Å². The predicted octanol–water partition coefficient (Wildman–Crippen LogP) is 1.70. The molecule has 0 aliphatic carbocycles. The molecule has 1 atom stereocenters. The van der Waals surface area contributed by atoms with Gasteiger partial charge in [0.05, 0.1) is 9.67 Å². The highest BCUT2D eigenvalue weighted by Crippen LogP contribution is 2.19. The smallest absolute Gasteiger partial charge is 0.145 e. The fraction of sp³-hybridized carbons (Fsp3) is 0.600. The number of aromatic nitrogens is 2. The molecule has 1 fully saturated rings. The summed E-state index contributed by atoms with van der Waals surface area (Å²) >= 11 is 2.25. The summed E-state index contributed by atoms with van der Waals surface area (Å²) in [4.78, 5) is 10.4. The van der Waals surface area contributed by atoms with Crippen LogP contribution in [0.25, 0.3) is 0 Å². The molecule has 4 nitrogen and oxygen atoms in total. The van der Waals surface area contributed by atoms with Gasteiger partial charge in [-0.3, -0.25) is 0 Å². The molecule has 2 heterocycles. The molecule has 15 heavy (non-hydrogen) atoms. The lowest BCUT2D eigenvalue weighted by molar-refractivity contribution is 0.116. The molecule has 0 N–H and O–H groups in total. The van der Waals surface area contributed by atoms with Crippen LogP contribution in [-0.4, -0.2) is 36.3 Å². The summed E-state index contributed by atoms with van der Waals surface area (Å²) < 4.78 is 6.68. The summed E-state index contributed by atoms with van der Waals surface area (Å²) in [5.41, 5.74) is 0. The molecule has 82 valence electrons. The van der Waals surface area contributed by atoms with E-state index in [1.54, 1.807) is 6.33 Å². The van der Waals surface area contributed by atoms with E-state index in [2.05, 4.69) is 37.5 Å². The second-order valence-electron chi connectivity index (χ2n) is 3.71. The Hall–Kier alpha value is -0.430. The Morgan fingerprint density at radius 2 is 2.53 bits per heavy atom. The van der Waals surface area contributed by atoms with E-state index < -0.39 is 0 Å². The van der Waals surface area contributed by atoms with Gasteiger partial charge in [0, 0.05) is 26.4 Å². The Kier molecular flexibility index (Phi) is 3.74. The largest absolute Gasteiger partial charge is 0.376 e. The fourth-order valence-corrected chi connectivity index (χ4v) is 2.48. The Morgan fingerprint density at radius 3 is 3.20 bits per heavy atom. The van der Waals surface area contributed by atoms with Crippen LogP contribution in [0.3, 0.4) is 0 Å². The topological polar surface area (TPSA) is 38.2 Å². The molecule has 1 saturated heterocycles. The van der Waals surface area contributed by atoms with Crippen molar-refractivity contribution in [1.29, 1.82) is 0 Å². The molecular formula is C10H14IN3O. The minimum Gasteiger partial charge on any atom is -0.376 e. The lowest BCUT2D eigenvalue weighted by atomic mass is 10.2. The molecule has 0 bridgehead atoms. The first-order valence-electron chi connectivity index (χ1n) is 5.05. The van der Waals surface area contributed by atoms with E-state index in [-0.39, 0.29) is 0 Å². The monoisotopic (exact) mass is 319 g/mol. The first-order valence-corrected chi connectivity index (χ1v) is 6.13. The molecule has 0 spiro atoms. The Morgan fingerprint density at radius 1 is 1.67 bits per heavy atom. The van der Waals surface area contributed by atoms with Gasteiger partial charge in [-0.05, 0) is 35.4 Å². The van der Waals surface area contributed by atoms with Crippen molar-refractivity contribution in [3.8, 4) is 0 Å². The van der Waals surface area contributed by atoms with E-state index in [9.17, 15) is 0 Å². The maximum Gasteiger partial charge on any atom is 0.145 e. The van der Waals surface area contributed by atoms with Crippen molar-refractivity contribution in [2.24, 2.45) is 0 Å². The van der Waals surface area contributed by atoms with Crippen LogP contribution in [0.2, 0.25) is 0 Å². The van der Waals surface area contributed by atoms with Crippen LogP contribution in [0.4, 0.5) is 5.82 Å². The van der Waals surface area contributed by atoms with Gasteiger partial charge >= 0.3 is 0 Å². The normalized spacial score (nSPS) is 20.5. The molecule has 0 amide bonds. The van der Waals surface area contributed by atoms with Crippen molar-refractivity contribution < 1.29 is 4.74 Å². The zero-order valence-electron chi connectivity index (χ0n) is 8.69. The number of hydrogen-bond acceptors (Lipinski definition) is 4. The van der Waals surface area contributed by atoms with E-state index in [4.69, 9.17) is 4.74 Å². The second-order valence-corrected chi connectivity index (χ2v) is 4.87. The van der Waals surface area contributed by atoms with Crippen molar-refractivity contribution >= 4 is 28.4 Å². The van der Waals surface area contributed by atoms with Gasteiger partial charge < -0.3 is 9.64 Å². The summed E-state index contributed by atoms with van der Waals surface area (Å²) in [6.45, 7) is 1.81. The SMILES string of the molecule is CN(CC1CCCO1)c1ncncc1I. The third kappa shape index (κ3) is 2.78. The zero-order valence-corrected chi connectivity index (χ0v) is 10.8. The van der Waals surface area contributed by atoms with Crippen molar-refractivity contribution in [3.05, 3.63) is 16.1 Å². The Labute approximate surface area is 103 Å². The number of likely N-dealkylation sites (N-methyl/N-ethyl adjacent to an activating group) is 1.